The van der Waals surface area contributed by atoms with Crippen LogP contribution in [0.3, 0.4) is 0 Å². The highest BCUT2D eigenvalue weighted by Crippen LogP contribution is 2.07. The number of hydrogen-bond donors (Lipinski definition) is 2. The summed E-state index contributed by atoms with van der Waals surface area (Å²) in [7, 11) is 0. The van der Waals surface area contributed by atoms with Gasteiger partial charge in [-0.2, -0.15) is 5.10 Å². The Morgan fingerprint density at radius 1 is 1.60 bits per heavy atom. The van der Waals surface area contributed by atoms with Crippen LogP contribution in [0.25, 0.3) is 0 Å². The molecule has 0 radical (unpaired) electrons. The largest absolute Gasteiger partial charge is 0.469 e. The predicted octanol–water partition coefficient (Wildman–Crippen LogP) is 0.577. The maximum atomic E-state index is 10.5. The monoisotopic (exact) mass is 280 g/mol. The molecule has 2 rings (SSSR count). The van der Waals surface area contributed by atoms with Gasteiger partial charge < -0.3 is 14.8 Å². The molecule has 0 aliphatic carbocycles. The molecule has 2 aromatic heterocycles. The topological polar surface area (TPSA) is 106 Å². The van der Waals surface area contributed by atoms with E-state index in [9.17, 15) is 15.2 Å². The quantitative estimate of drug-likeness (QED) is 0.416. The Morgan fingerprint density at radius 2 is 2.45 bits per heavy atom. The van der Waals surface area contributed by atoms with Crippen LogP contribution in [-0.4, -0.2) is 39.0 Å². The van der Waals surface area contributed by atoms with Crippen molar-refractivity contribution in [1.82, 2.24) is 15.1 Å². The van der Waals surface area contributed by atoms with E-state index in [-0.39, 0.29) is 12.2 Å². The van der Waals surface area contributed by atoms with Crippen LogP contribution >= 0.6 is 0 Å². The lowest BCUT2D eigenvalue weighted by Gasteiger charge is -2.11. The molecule has 108 valence electrons. The zero-order chi connectivity index (χ0) is 14.4. The Kier molecular flexibility index (Phi) is 4.85. The van der Waals surface area contributed by atoms with Gasteiger partial charge in [0.1, 0.15) is 18.2 Å². The number of aliphatic hydroxyl groups excluding tert-OH is 1. The van der Waals surface area contributed by atoms with Crippen molar-refractivity contribution in [2.75, 3.05) is 13.1 Å². The van der Waals surface area contributed by atoms with E-state index in [1.54, 1.807) is 6.26 Å². The lowest BCUT2D eigenvalue weighted by Crippen LogP contribution is -2.31. The summed E-state index contributed by atoms with van der Waals surface area (Å²) in [5.74, 6) is 0.884. The molecule has 2 aromatic rings. The molecule has 1 atom stereocenters. The third-order valence-electron chi connectivity index (χ3n) is 2.74. The van der Waals surface area contributed by atoms with Crippen molar-refractivity contribution in [1.29, 1.82) is 0 Å². The predicted molar refractivity (Wildman–Crippen MR) is 70.2 cm³/mol. The molecule has 8 nitrogen and oxygen atoms in total. The molecule has 0 spiro atoms. The van der Waals surface area contributed by atoms with E-state index < -0.39 is 11.0 Å². The molecule has 0 saturated heterocycles. The normalized spacial score (nSPS) is 12.4. The van der Waals surface area contributed by atoms with Crippen LogP contribution in [0.4, 0.5) is 5.69 Å². The second-order valence-corrected chi connectivity index (χ2v) is 4.36. The van der Waals surface area contributed by atoms with Gasteiger partial charge in [0.2, 0.25) is 0 Å². The number of hydrogen-bond acceptors (Lipinski definition) is 6. The highest BCUT2D eigenvalue weighted by Gasteiger charge is 2.11. The summed E-state index contributed by atoms with van der Waals surface area (Å²) in [6.07, 6.45) is 4.16. The van der Waals surface area contributed by atoms with E-state index in [2.05, 4.69) is 10.4 Å². The molecule has 0 bridgehead atoms. The first-order valence-electron chi connectivity index (χ1n) is 6.23. The van der Waals surface area contributed by atoms with E-state index in [0.29, 0.717) is 13.1 Å². The third-order valence-corrected chi connectivity index (χ3v) is 2.74. The molecule has 1 unspecified atom stereocenters. The molecule has 2 heterocycles. The van der Waals surface area contributed by atoms with Crippen molar-refractivity contribution in [3.63, 3.8) is 0 Å². The van der Waals surface area contributed by atoms with E-state index >= 15 is 0 Å². The van der Waals surface area contributed by atoms with Crippen LogP contribution in [0.15, 0.2) is 35.2 Å². The van der Waals surface area contributed by atoms with Gasteiger partial charge >= 0.3 is 5.69 Å². The number of nitrogens with zero attached hydrogens (tertiary/aromatic N) is 3. The van der Waals surface area contributed by atoms with E-state index in [1.807, 2.05) is 12.1 Å². The van der Waals surface area contributed by atoms with Crippen molar-refractivity contribution in [2.45, 2.75) is 19.1 Å². The van der Waals surface area contributed by atoms with Gasteiger partial charge in [-0.05, 0) is 12.1 Å². The van der Waals surface area contributed by atoms with E-state index in [4.69, 9.17) is 4.42 Å². The zero-order valence-corrected chi connectivity index (χ0v) is 10.8. The molecule has 2 N–H and O–H groups in total. The standard InChI is InChI=1S/C12H16N4O4/c17-11(7-13-4-3-12-2-1-5-20-12)9-15-8-10(6-14-15)16(18)19/h1-2,5-6,8,11,13,17H,3-4,7,9H2. The number of furan rings is 1. The SMILES string of the molecule is O=[N+]([O-])c1cnn(CC(O)CNCCc2ccco2)c1. The van der Waals surface area contributed by atoms with Gasteiger partial charge in [0.05, 0.1) is 23.8 Å². The molecule has 0 aromatic carbocycles. The van der Waals surface area contributed by atoms with Crippen molar-refractivity contribution in [3.05, 3.63) is 46.7 Å². The molecule has 8 heteroatoms. The summed E-state index contributed by atoms with van der Waals surface area (Å²) < 4.78 is 6.54. The van der Waals surface area contributed by atoms with Gasteiger partial charge in [0, 0.05) is 19.5 Å². The summed E-state index contributed by atoms with van der Waals surface area (Å²) >= 11 is 0. The van der Waals surface area contributed by atoms with Crippen LogP contribution in [0.1, 0.15) is 5.76 Å². The van der Waals surface area contributed by atoms with E-state index in [1.165, 1.54) is 10.9 Å². The number of nitrogens with one attached hydrogen (secondary N) is 1. The number of rotatable bonds is 8. The van der Waals surface area contributed by atoms with Gasteiger partial charge in [0.15, 0.2) is 0 Å². The summed E-state index contributed by atoms with van der Waals surface area (Å²) in [4.78, 5) is 9.98. The number of aliphatic hydroxyl groups is 1. The first kappa shape index (κ1) is 14.2. The smallest absolute Gasteiger partial charge is 0.306 e. The van der Waals surface area contributed by atoms with Gasteiger partial charge in [-0.15, -0.1) is 0 Å². The van der Waals surface area contributed by atoms with Gasteiger partial charge in [-0.1, -0.05) is 0 Å². The minimum Gasteiger partial charge on any atom is -0.469 e. The van der Waals surface area contributed by atoms with Crippen LogP contribution in [-0.2, 0) is 13.0 Å². The molecule has 0 amide bonds. The number of aromatic nitrogens is 2. The molecule has 0 fully saturated rings. The van der Waals surface area contributed by atoms with Crippen molar-refractivity contribution < 1.29 is 14.4 Å². The van der Waals surface area contributed by atoms with Gasteiger partial charge in [0.25, 0.3) is 0 Å². The fraction of sp³-hybridized carbons (Fsp3) is 0.417. The first-order valence-corrected chi connectivity index (χ1v) is 6.23. The highest BCUT2D eigenvalue weighted by molar-refractivity contribution is 5.20. The Hall–Kier alpha value is -2.19. The fourth-order valence-electron chi connectivity index (χ4n) is 1.76. The van der Waals surface area contributed by atoms with Crippen LogP contribution in [0, 0.1) is 10.1 Å². The maximum absolute atomic E-state index is 10.5. The summed E-state index contributed by atoms with van der Waals surface area (Å²) in [6.45, 7) is 1.28. The Bertz CT molecular complexity index is 537. The molecule has 0 saturated carbocycles. The van der Waals surface area contributed by atoms with Crippen LogP contribution < -0.4 is 5.32 Å². The second-order valence-electron chi connectivity index (χ2n) is 4.36. The summed E-state index contributed by atoms with van der Waals surface area (Å²) in [5, 5.41) is 27.2. The van der Waals surface area contributed by atoms with Crippen molar-refractivity contribution >= 4 is 5.69 Å². The number of nitro groups is 1. The molecular weight excluding hydrogens is 264 g/mol. The molecule has 0 aliphatic rings. The van der Waals surface area contributed by atoms with Gasteiger partial charge in [-0.25, -0.2) is 0 Å². The van der Waals surface area contributed by atoms with Crippen LogP contribution in [0.2, 0.25) is 0 Å². The Labute approximate surface area is 115 Å². The minimum absolute atomic E-state index is 0.0806. The molecular formula is C12H16N4O4. The maximum Gasteiger partial charge on any atom is 0.306 e. The lowest BCUT2D eigenvalue weighted by atomic mass is 10.3. The summed E-state index contributed by atoms with van der Waals surface area (Å²) in [6, 6.07) is 3.72. The third kappa shape index (κ3) is 4.18. The Morgan fingerprint density at radius 3 is 3.10 bits per heavy atom. The minimum atomic E-state index is -0.661. The molecule has 0 aliphatic heterocycles. The molecule has 20 heavy (non-hydrogen) atoms. The Balaban J connectivity index is 1.66. The van der Waals surface area contributed by atoms with Crippen molar-refractivity contribution in [3.8, 4) is 0 Å². The lowest BCUT2D eigenvalue weighted by molar-refractivity contribution is -0.385. The average molecular weight is 280 g/mol. The highest BCUT2D eigenvalue weighted by atomic mass is 16.6. The van der Waals surface area contributed by atoms with E-state index in [0.717, 1.165) is 18.4 Å². The first-order chi connectivity index (χ1) is 9.65. The average Bonchev–Trinajstić information content (AvgIpc) is 3.05. The zero-order valence-electron chi connectivity index (χ0n) is 10.8. The van der Waals surface area contributed by atoms with Crippen molar-refractivity contribution in [2.24, 2.45) is 0 Å². The van der Waals surface area contributed by atoms with Crippen LogP contribution in [0.5, 0.6) is 0 Å². The van der Waals surface area contributed by atoms with Gasteiger partial charge in [-0.3, -0.25) is 14.8 Å². The second kappa shape index (κ2) is 6.83. The fourth-order valence-corrected chi connectivity index (χ4v) is 1.76. The summed E-state index contributed by atoms with van der Waals surface area (Å²) in [5.41, 5.74) is -0.0806.